The summed E-state index contributed by atoms with van der Waals surface area (Å²) in [4.78, 5) is 45.9. The third kappa shape index (κ3) is 6.16. The lowest BCUT2D eigenvalue weighted by Crippen LogP contribution is -2.41. The number of hydrogen-bond acceptors (Lipinski definition) is 5. The average Bonchev–Trinajstić information content (AvgIpc) is 2.68. The quantitative estimate of drug-likeness (QED) is 0.469. The number of rotatable bonds is 6. The van der Waals surface area contributed by atoms with Crippen LogP contribution >= 0.6 is 23.2 Å². The normalized spacial score (nSPS) is 10.2. The Morgan fingerprint density at radius 2 is 1.69 bits per heavy atom. The van der Waals surface area contributed by atoms with Gasteiger partial charge in [0.15, 0.2) is 0 Å². The molecule has 2 aromatic carbocycles. The van der Waals surface area contributed by atoms with Gasteiger partial charge in [-0.2, -0.15) is 0 Å². The van der Waals surface area contributed by atoms with E-state index in [1.54, 1.807) is 25.1 Å². The SMILES string of the molecule is Cc1c(Cl)cccc1NC(=O)CCC(=O)NNC(=O)c1ccc(Cl)c([N+](=O)[O-])c1. The minimum atomic E-state index is -0.767. The van der Waals surface area contributed by atoms with E-state index in [2.05, 4.69) is 16.2 Å². The first-order valence-electron chi connectivity index (χ1n) is 8.27. The van der Waals surface area contributed by atoms with Crippen molar-refractivity contribution in [3.63, 3.8) is 0 Å². The van der Waals surface area contributed by atoms with E-state index in [0.717, 1.165) is 6.07 Å². The molecule has 152 valence electrons. The van der Waals surface area contributed by atoms with Crippen molar-refractivity contribution in [1.82, 2.24) is 10.9 Å². The Hall–Kier alpha value is -3.17. The molecule has 0 aromatic heterocycles. The summed E-state index contributed by atoms with van der Waals surface area (Å²) in [6.07, 6.45) is -0.313. The fourth-order valence-corrected chi connectivity index (χ4v) is 2.60. The highest BCUT2D eigenvalue weighted by Crippen LogP contribution is 2.25. The smallest absolute Gasteiger partial charge is 0.288 e. The van der Waals surface area contributed by atoms with Crippen LogP contribution < -0.4 is 16.2 Å². The third-order valence-corrected chi connectivity index (χ3v) is 4.57. The highest BCUT2D eigenvalue weighted by molar-refractivity contribution is 6.32. The zero-order valence-electron chi connectivity index (χ0n) is 15.1. The van der Waals surface area contributed by atoms with Gasteiger partial charge in [0.1, 0.15) is 5.02 Å². The van der Waals surface area contributed by atoms with E-state index in [9.17, 15) is 24.5 Å². The van der Waals surface area contributed by atoms with Gasteiger partial charge in [0.2, 0.25) is 11.8 Å². The largest absolute Gasteiger partial charge is 0.326 e. The lowest BCUT2D eigenvalue weighted by molar-refractivity contribution is -0.384. The van der Waals surface area contributed by atoms with E-state index in [-0.39, 0.29) is 23.4 Å². The van der Waals surface area contributed by atoms with E-state index in [0.29, 0.717) is 16.3 Å². The second kappa shape index (κ2) is 9.85. The van der Waals surface area contributed by atoms with Crippen molar-refractivity contribution in [3.8, 4) is 0 Å². The van der Waals surface area contributed by atoms with E-state index < -0.39 is 28.3 Å². The molecule has 3 N–H and O–H groups in total. The van der Waals surface area contributed by atoms with Gasteiger partial charge in [-0.25, -0.2) is 0 Å². The van der Waals surface area contributed by atoms with Gasteiger partial charge in [-0.3, -0.25) is 35.3 Å². The lowest BCUT2D eigenvalue weighted by atomic mass is 10.2. The zero-order chi connectivity index (χ0) is 21.6. The Bertz CT molecular complexity index is 981. The predicted molar refractivity (Wildman–Crippen MR) is 108 cm³/mol. The minimum Gasteiger partial charge on any atom is -0.326 e. The molecule has 0 saturated heterocycles. The van der Waals surface area contributed by atoms with Crippen LogP contribution in [0.4, 0.5) is 11.4 Å². The summed E-state index contributed by atoms with van der Waals surface area (Å²) in [5.41, 5.74) is 5.02. The van der Waals surface area contributed by atoms with Crippen LogP contribution in [0.15, 0.2) is 36.4 Å². The first-order chi connectivity index (χ1) is 13.7. The standard InChI is InChI=1S/C18H16Cl2N4O5/c1-10-12(19)3-2-4-14(10)21-16(25)7-8-17(26)22-23-18(27)11-5-6-13(20)15(9-11)24(28)29/h2-6,9H,7-8H2,1H3,(H,21,25)(H,22,26)(H,23,27). The summed E-state index contributed by atoms with van der Waals surface area (Å²) in [5.74, 6) is -1.78. The maximum Gasteiger partial charge on any atom is 0.288 e. The number of nitrogens with one attached hydrogen (secondary N) is 3. The van der Waals surface area contributed by atoms with E-state index >= 15 is 0 Å². The molecule has 0 atom stereocenters. The van der Waals surface area contributed by atoms with Crippen molar-refractivity contribution in [3.05, 3.63) is 67.7 Å². The molecule has 0 saturated carbocycles. The Kier molecular flexibility index (Phi) is 7.52. The molecule has 29 heavy (non-hydrogen) atoms. The fourth-order valence-electron chi connectivity index (χ4n) is 2.24. The molecule has 11 heteroatoms. The van der Waals surface area contributed by atoms with Crippen molar-refractivity contribution in [2.45, 2.75) is 19.8 Å². The van der Waals surface area contributed by atoms with Crippen LogP contribution in [-0.4, -0.2) is 22.6 Å². The Balaban J connectivity index is 1.83. The van der Waals surface area contributed by atoms with E-state index in [4.69, 9.17) is 23.2 Å². The Morgan fingerprint density at radius 1 is 1.00 bits per heavy atom. The number of halogens is 2. The predicted octanol–water partition coefficient (Wildman–Crippen LogP) is 3.39. The molecular formula is C18H16Cl2N4O5. The topological polar surface area (TPSA) is 130 Å². The van der Waals surface area contributed by atoms with Gasteiger partial charge in [-0.1, -0.05) is 29.3 Å². The van der Waals surface area contributed by atoms with Gasteiger partial charge in [0.25, 0.3) is 11.6 Å². The second-order valence-electron chi connectivity index (χ2n) is 5.89. The average molecular weight is 439 g/mol. The molecule has 0 aliphatic rings. The van der Waals surface area contributed by atoms with Crippen molar-refractivity contribution in [1.29, 1.82) is 0 Å². The Labute approximate surface area is 175 Å². The summed E-state index contributed by atoms with van der Waals surface area (Å²) in [6.45, 7) is 1.75. The maximum absolute atomic E-state index is 12.0. The minimum absolute atomic E-state index is 0.0597. The van der Waals surface area contributed by atoms with Crippen molar-refractivity contribution in [2.75, 3.05) is 5.32 Å². The van der Waals surface area contributed by atoms with Crippen LogP contribution in [0, 0.1) is 17.0 Å². The molecule has 0 unspecified atom stereocenters. The molecule has 2 aromatic rings. The molecule has 3 amide bonds. The van der Waals surface area contributed by atoms with Crippen molar-refractivity contribution >= 4 is 52.3 Å². The summed E-state index contributed by atoms with van der Waals surface area (Å²) in [6, 6.07) is 8.54. The van der Waals surface area contributed by atoms with Crippen LogP contribution in [0.5, 0.6) is 0 Å². The number of carbonyl (C=O) groups excluding carboxylic acids is 3. The van der Waals surface area contributed by atoms with Crippen LogP contribution in [0.3, 0.4) is 0 Å². The van der Waals surface area contributed by atoms with Gasteiger partial charge in [0, 0.05) is 35.2 Å². The van der Waals surface area contributed by atoms with Gasteiger partial charge in [-0.05, 0) is 36.8 Å². The van der Waals surface area contributed by atoms with Gasteiger partial charge in [0.05, 0.1) is 4.92 Å². The number of benzene rings is 2. The number of carbonyl (C=O) groups is 3. The molecule has 0 aliphatic heterocycles. The van der Waals surface area contributed by atoms with Gasteiger partial charge in [-0.15, -0.1) is 0 Å². The molecule has 0 fully saturated rings. The molecular weight excluding hydrogens is 423 g/mol. The van der Waals surface area contributed by atoms with Gasteiger partial charge < -0.3 is 5.32 Å². The number of nitrogens with zero attached hydrogens (tertiary/aromatic N) is 1. The molecule has 9 nitrogen and oxygen atoms in total. The first kappa shape index (κ1) is 22.1. The lowest BCUT2D eigenvalue weighted by Gasteiger charge is -2.10. The van der Waals surface area contributed by atoms with Crippen LogP contribution in [0.1, 0.15) is 28.8 Å². The summed E-state index contributed by atoms with van der Waals surface area (Å²) >= 11 is 11.7. The number of amides is 3. The first-order valence-corrected chi connectivity index (χ1v) is 9.02. The zero-order valence-corrected chi connectivity index (χ0v) is 16.6. The molecule has 0 aliphatic carbocycles. The van der Waals surface area contributed by atoms with Crippen molar-refractivity contribution in [2.24, 2.45) is 0 Å². The molecule has 0 spiro atoms. The van der Waals surface area contributed by atoms with Gasteiger partial charge >= 0.3 is 0 Å². The molecule has 0 bridgehead atoms. The van der Waals surface area contributed by atoms with Crippen LogP contribution in [-0.2, 0) is 9.59 Å². The second-order valence-corrected chi connectivity index (χ2v) is 6.70. The number of hydrogen-bond donors (Lipinski definition) is 3. The summed E-state index contributed by atoms with van der Waals surface area (Å²) < 4.78 is 0. The molecule has 0 heterocycles. The maximum atomic E-state index is 12.0. The number of hydrazine groups is 1. The Morgan fingerprint density at radius 3 is 2.38 bits per heavy atom. The molecule has 2 rings (SSSR count). The number of anilines is 1. The monoisotopic (exact) mass is 438 g/mol. The third-order valence-electron chi connectivity index (χ3n) is 3.84. The highest BCUT2D eigenvalue weighted by Gasteiger charge is 2.17. The fraction of sp³-hybridized carbons (Fsp3) is 0.167. The van der Waals surface area contributed by atoms with E-state index in [1.165, 1.54) is 12.1 Å². The van der Waals surface area contributed by atoms with Crippen LogP contribution in [0.2, 0.25) is 10.0 Å². The van der Waals surface area contributed by atoms with E-state index in [1.807, 2.05) is 0 Å². The summed E-state index contributed by atoms with van der Waals surface area (Å²) in [5, 5.41) is 13.9. The number of nitro groups is 1. The van der Waals surface area contributed by atoms with Crippen molar-refractivity contribution < 1.29 is 19.3 Å². The number of nitro benzene ring substituents is 1. The summed E-state index contributed by atoms with van der Waals surface area (Å²) in [7, 11) is 0. The van der Waals surface area contributed by atoms with Crippen LogP contribution in [0.25, 0.3) is 0 Å². The highest BCUT2D eigenvalue weighted by atomic mass is 35.5. The molecule has 0 radical (unpaired) electrons.